The highest BCUT2D eigenvalue weighted by molar-refractivity contribution is 7.13. The summed E-state index contributed by atoms with van der Waals surface area (Å²) < 4.78 is 0. The molecule has 0 atom stereocenters. The van der Waals surface area contributed by atoms with Crippen LogP contribution in [0.2, 0.25) is 0 Å². The van der Waals surface area contributed by atoms with Crippen LogP contribution in [0.5, 0.6) is 0 Å². The summed E-state index contributed by atoms with van der Waals surface area (Å²) in [6, 6.07) is 0.476. The van der Waals surface area contributed by atoms with Gasteiger partial charge in [0.25, 0.3) is 0 Å². The lowest BCUT2D eigenvalue weighted by Crippen LogP contribution is -2.09. The fourth-order valence-electron chi connectivity index (χ4n) is 1.47. The quantitative estimate of drug-likeness (QED) is 0.708. The van der Waals surface area contributed by atoms with Gasteiger partial charge in [-0.3, -0.25) is 0 Å². The zero-order valence-electron chi connectivity index (χ0n) is 10.0. The van der Waals surface area contributed by atoms with Crippen molar-refractivity contribution in [2.45, 2.75) is 58.9 Å². The number of hydrogen-bond acceptors (Lipinski definition) is 3. The SMILES string of the molecule is CCCCCCc1csc(NC(C)C)n1. The molecule has 1 aromatic rings. The van der Waals surface area contributed by atoms with Crippen molar-refractivity contribution >= 4 is 16.5 Å². The highest BCUT2D eigenvalue weighted by Gasteiger charge is 2.02. The molecule has 1 aromatic heterocycles. The van der Waals surface area contributed by atoms with Gasteiger partial charge in [-0.15, -0.1) is 11.3 Å². The van der Waals surface area contributed by atoms with Crippen molar-refractivity contribution in [3.63, 3.8) is 0 Å². The third kappa shape index (κ3) is 5.17. The highest BCUT2D eigenvalue weighted by atomic mass is 32.1. The van der Waals surface area contributed by atoms with E-state index >= 15 is 0 Å². The van der Waals surface area contributed by atoms with Crippen molar-refractivity contribution in [1.29, 1.82) is 0 Å². The maximum atomic E-state index is 4.56. The Hall–Kier alpha value is -0.570. The summed E-state index contributed by atoms with van der Waals surface area (Å²) in [6.45, 7) is 6.53. The summed E-state index contributed by atoms with van der Waals surface area (Å²) in [5, 5.41) is 6.58. The first kappa shape index (κ1) is 12.5. The van der Waals surface area contributed by atoms with Gasteiger partial charge in [-0.1, -0.05) is 26.2 Å². The van der Waals surface area contributed by atoms with Gasteiger partial charge in [-0.25, -0.2) is 4.98 Å². The summed E-state index contributed by atoms with van der Waals surface area (Å²) >= 11 is 1.72. The van der Waals surface area contributed by atoms with E-state index in [1.165, 1.54) is 31.4 Å². The molecule has 0 aromatic carbocycles. The second-order valence-electron chi connectivity index (χ2n) is 4.25. The Morgan fingerprint density at radius 3 is 2.80 bits per heavy atom. The van der Waals surface area contributed by atoms with Crippen LogP contribution < -0.4 is 5.32 Å². The lowest BCUT2D eigenvalue weighted by atomic mass is 10.1. The van der Waals surface area contributed by atoms with E-state index in [4.69, 9.17) is 0 Å². The van der Waals surface area contributed by atoms with Crippen LogP contribution in [0.4, 0.5) is 5.13 Å². The molecule has 1 N–H and O–H groups in total. The summed E-state index contributed by atoms with van der Waals surface area (Å²) in [4.78, 5) is 4.56. The summed E-state index contributed by atoms with van der Waals surface area (Å²) in [5.74, 6) is 0. The second-order valence-corrected chi connectivity index (χ2v) is 5.11. The molecule has 0 amide bonds. The van der Waals surface area contributed by atoms with Gasteiger partial charge in [-0.2, -0.15) is 0 Å². The zero-order valence-corrected chi connectivity index (χ0v) is 10.9. The first-order valence-corrected chi connectivity index (χ1v) is 6.81. The number of thiazole rings is 1. The predicted molar refractivity (Wildman–Crippen MR) is 68.7 cm³/mol. The minimum Gasteiger partial charge on any atom is -0.359 e. The van der Waals surface area contributed by atoms with Crippen LogP contribution >= 0.6 is 11.3 Å². The van der Waals surface area contributed by atoms with Crippen molar-refractivity contribution in [3.05, 3.63) is 11.1 Å². The Morgan fingerprint density at radius 2 is 2.13 bits per heavy atom. The molecular weight excluding hydrogens is 204 g/mol. The fraction of sp³-hybridized carbons (Fsp3) is 0.750. The summed E-state index contributed by atoms with van der Waals surface area (Å²) in [6.07, 6.45) is 6.40. The number of anilines is 1. The molecule has 1 rings (SSSR count). The van der Waals surface area contributed by atoms with Crippen LogP contribution in [-0.4, -0.2) is 11.0 Å². The van der Waals surface area contributed by atoms with Gasteiger partial charge in [0, 0.05) is 11.4 Å². The first-order chi connectivity index (χ1) is 7.22. The minimum absolute atomic E-state index is 0.476. The minimum atomic E-state index is 0.476. The van der Waals surface area contributed by atoms with E-state index in [0.717, 1.165) is 11.6 Å². The van der Waals surface area contributed by atoms with Gasteiger partial charge >= 0.3 is 0 Å². The van der Waals surface area contributed by atoms with E-state index in [1.807, 2.05) is 0 Å². The number of nitrogens with zero attached hydrogens (tertiary/aromatic N) is 1. The number of aryl methyl sites for hydroxylation is 1. The molecule has 0 radical (unpaired) electrons. The molecule has 0 aliphatic rings. The topological polar surface area (TPSA) is 24.9 Å². The molecule has 0 fully saturated rings. The molecule has 0 spiro atoms. The third-order valence-corrected chi connectivity index (χ3v) is 3.07. The largest absolute Gasteiger partial charge is 0.359 e. The number of unbranched alkanes of at least 4 members (excludes halogenated alkanes) is 3. The molecule has 86 valence electrons. The van der Waals surface area contributed by atoms with Crippen molar-refractivity contribution in [3.8, 4) is 0 Å². The predicted octanol–water partition coefficient (Wildman–Crippen LogP) is 4.09. The molecule has 0 bridgehead atoms. The Balaban J connectivity index is 2.26. The van der Waals surface area contributed by atoms with Crippen LogP contribution in [0.3, 0.4) is 0 Å². The van der Waals surface area contributed by atoms with E-state index in [0.29, 0.717) is 6.04 Å². The molecule has 2 nitrogen and oxygen atoms in total. The molecule has 15 heavy (non-hydrogen) atoms. The highest BCUT2D eigenvalue weighted by Crippen LogP contribution is 2.18. The van der Waals surface area contributed by atoms with Gasteiger partial charge in [-0.05, 0) is 26.7 Å². The monoisotopic (exact) mass is 226 g/mol. The van der Waals surface area contributed by atoms with Crippen molar-refractivity contribution in [1.82, 2.24) is 4.98 Å². The van der Waals surface area contributed by atoms with Gasteiger partial charge < -0.3 is 5.32 Å². The normalized spacial score (nSPS) is 10.9. The van der Waals surface area contributed by atoms with E-state index in [2.05, 4.69) is 36.5 Å². The smallest absolute Gasteiger partial charge is 0.183 e. The molecule has 0 aliphatic heterocycles. The van der Waals surface area contributed by atoms with Gasteiger partial charge in [0.15, 0.2) is 5.13 Å². The molecule has 3 heteroatoms. The van der Waals surface area contributed by atoms with E-state index in [-0.39, 0.29) is 0 Å². The lowest BCUT2D eigenvalue weighted by Gasteiger charge is -2.04. The van der Waals surface area contributed by atoms with Crippen molar-refractivity contribution < 1.29 is 0 Å². The Bertz CT molecular complexity index is 268. The van der Waals surface area contributed by atoms with Crippen LogP contribution in [0.15, 0.2) is 5.38 Å². The van der Waals surface area contributed by atoms with E-state index in [9.17, 15) is 0 Å². The van der Waals surface area contributed by atoms with Gasteiger partial charge in [0.1, 0.15) is 0 Å². The summed E-state index contributed by atoms with van der Waals surface area (Å²) in [5.41, 5.74) is 1.25. The Labute approximate surface area is 97.1 Å². The fourth-order valence-corrected chi connectivity index (χ4v) is 2.36. The Kier molecular flexibility index (Phi) is 5.69. The first-order valence-electron chi connectivity index (χ1n) is 5.93. The molecular formula is C12H22N2S. The molecule has 1 heterocycles. The number of hydrogen-bond donors (Lipinski definition) is 1. The molecule has 0 saturated carbocycles. The van der Waals surface area contributed by atoms with Crippen LogP contribution in [0.1, 0.15) is 52.1 Å². The van der Waals surface area contributed by atoms with E-state index in [1.54, 1.807) is 11.3 Å². The average molecular weight is 226 g/mol. The standard InChI is InChI=1S/C12H22N2S/c1-4-5-6-7-8-11-9-15-12(14-11)13-10(2)3/h9-10H,4-8H2,1-3H3,(H,13,14). The number of rotatable bonds is 7. The average Bonchev–Trinajstić information content (AvgIpc) is 2.59. The third-order valence-electron chi connectivity index (χ3n) is 2.25. The molecule has 0 aliphatic carbocycles. The molecule has 0 unspecified atom stereocenters. The number of nitrogens with one attached hydrogen (secondary N) is 1. The summed E-state index contributed by atoms with van der Waals surface area (Å²) in [7, 11) is 0. The lowest BCUT2D eigenvalue weighted by molar-refractivity contribution is 0.662. The van der Waals surface area contributed by atoms with Crippen LogP contribution in [0.25, 0.3) is 0 Å². The van der Waals surface area contributed by atoms with Crippen LogP contribution in [-0.2, 0) is 6.42 Å². The van der Waals surface area contributed by atoms with Crippen LogP contribution in [0, 0.1) is 0 Å². The Morgan fingerprint density at radius 1 is 1.33 bits per heavy atom. The van der Waals surface area contributed by atoms with Gasteiger partial charge in [0.2, 0.25) is 0 Å². The maximum Gasteiger partial charge on any atom is 0.183 e. The zero-order chi connectivity index (χ0) is 11.1. The van der Waals surface area contributed by atoms with Crippen molar-refractivity contribution in [2.24, 2.45) is 0 Å². The molecule has 0 saturated heterocycles. The van der Waals surface area contributed by atoms with E-state index < -0.39 is 0 Å². The van der Waals surface area contributed by atoms with Gasteiger partial charge in [0.05, 0.1) is 5.69 Å². The second kappa shape index (κ2) is 6.83. The maximum absolute atomic E-state index is 4.56. The number of aromatic nitrogens is 1. The van der Waals surface area contributed by atoms with Crippen molar-refractivity contribution in [2.75, 3.05) is 5.32 Å².